The zero-order chi connectivity index (χ0) is 17.9. The summed E-state index contributed by atoms with van der Waals surface area (Å²) >= 11 is 0. The number of carbonyl (C=O) groups is 3. The monoisotopic (exact) mass is 332 g/mol. The number of nitrogens with one attached hydrogen (secondary N) is 1. The second kappa shape index (κ2) is 7.47. The third-order valence-corrected chi connectivity index (χ3v) is 4.50. The minimum Gasteiger partial charge on any atom is -0.481 e. The molecule has 2 N–H and O–H groups in total. The number of carbonyl (C=O) groups excluding carboxylic acids is 2. The van der Waals surface area contributed by atoms with E-state index in [1.807, 2.05) is 32.0 Å². The molecule has 0 aliphatic carbocycles. The van der Waals surface area contributed by atoms with Crippen LogP contribution in [-0.2, 0) is 14.4 Å². The molecule has 0 spiro atoms. The van der Waals surface area contributed by atoms with Crippen molar-refractivity contribution in [3.63, 3.8) is 0 Å². The van der Waals surface area contributed by atoms with Crippen molar-refractivity contribution < 1.29 is 19.5 Å². The molecule has 1 fully saturated rings. The van der Waals surface area contributed by atoms with Gasteiger partial charge in [0.05, 0.1) is 17.9 Å². The van der Waals surface area contributed by atoms with Gasteiger partial charge in [0.2, 0.25) is 11.8 Å². The number of benzene rings is 1. The standard InChI is InChI=1S/C18H24N2O4/c1-11(2)20-10-14(9-15(20)21)17(22)19-16(12(3)18(23)24)13-7-5-4-6-8-13/h4-8,11-12,14,16H,9-10H2,1-3H3,(H,19,22)(H,23,24). The van der Waals surface area contributed by atoms with E-state index in [9.17, 15) is 19.5 Å². The number of aliphatic carboxylic acids is 1. The van der Waals surface area contributed by atoms with Gasteiger partial charge in [-0.1, -0.05) is 30.3 Å². The van der Waals surface area contributed by atoms with Gasteiger partial charge in [-0.3, -0.25) is 14.4 Å². The summed E-state index contributed by atoms with van der Waals surface area (Å²) in [6, 6.07) is 8.47. The smallest absolute Gasteiger partial charge is 0.308 e. The number of carboxylic acids is 1. The minimum atomic E-state index is -0.976. The summed E-state index contributed by atoms with van der Waals surface area (Å²) in [5, 5.41) is 12.2. The van der Waals surface area contributed by atoms with Crippen molar-refractivity contribution in [1.29, 1.82) is 0 Å². The van der Waals surface area contributed by atoms with E-state index in [0.717, 1.165) is 5.56 Å². The minimum absolute atomic E-state index is 0.0345. The Morgan fingerprint density at radius 3 is 2.33 bits per heavy atom. The highest BCUT2D eigenvalue weighted by atomic mass is 16.4. The van der Waals surface area contributed by atoms with Gasteiger partial charge in [0, 0.05) is 19.0 Å². The molecule has 1 heterocycles. The van der Waals surface area contributed by atoms with E-state index in [2.05, 4.69) is 5.32 Å². The highest BCUT2D eigenvalue weighted by Crippen LogP contribution is 2.25. The van der Waals surface area contributed by atoms with E-state index in [-0.39, 0.29) is 24.3 Å². The van der Waals surface area contributed by atoms with E-state index < -0.39 is 23.8 Å². The van der Waals surface area contributed by atoms with Gasteiger partial charge in [0.15, 0.2) is 0 Å². The Balaban J connectivity index is 2.14. The predicted octanol–water partition coefficient (Wildman–Crippen LogP) is 1.82. The number of hydrogen-bond donors (Lipinski definition) is 2. The SMILES string of the molecule is CC(C(=O)O)C(NC(=O)C1CC(=O)N(C(C)C)C1)c1ccccc1. The van der Waals surface area contributed by atoms with Crippen molar-refractivity contribution in [2.75, 3.05) is 6.54 Å². The maximum atomic E-state index is 12.6. The predicted molar refractivity (Wildman–Crippen MR) is 89.1 cm³/mol. The molecule has 2 rings (SSSR count). The summed E-state index contributed by atoms with van der Waals surface area (Å²) in [5.41, 5.74) is 0.741. The van der Waals surface area contributed by atoms with Crippen LogP contribution in [0.15, 0.2) is 30.3 Å². The molecule has 1 aromatic carbocycles. The zero-order valence-electron chi connectivity index (χ0n) is 14.2. The van der Waals surface area contributed by atoms with Crippen LogP contribution in [0.25, 0.3) is 0 Å². The lowest BCUT2D eigenvalue weighted by molar-refractivity contribution is -0.142. The molecule has 0 saturated carbocycles. The quantitative estimate of drug-likeness (QED) is 0.832. The van der Waals surface area contributed by atoms with Crippen molar-refractivity contribution >= 4 is 17.8 Å². The van der Waals surface area contributed by atoms with E-state index in [0.29, 0.717) is 6.54 Å². The molecule has 1 aromatic rings. The van der Waals surface area contributed by atoms with E-state index in [1.54, 1.807) is 24.0 Å². The Morgan fingerprint density at radius 1 is 1.21 bits per heavy atom. The van der Waals surface area contributed by atoms with Crippen molar-refractivity contribution in [3.05, 3.63) is 35.9 Å². The summed E-state index contributed by atoms with van der Waals surface area (Å²) in [4.78, 5) is 37.6. The number of nitrogens with zero attached hydrogens (tertiary/aromatic N) is 1. The molecular formula is C18H24N2O4. The third kappa shape index (κ3) is 3.93. The lowest BCUT2D eigenvalue weighted by Crippen LogP contribution is -2.40. The summed E-state index contributed by atoms with van der Waals surface area (Å²) in [7, 11) is 0. The number of likely N-dealkylation sites (tertiary alicyclic amines) is 1. The van der Waals surface area contributed by atoms with Crippen molar-refractivity contribution in [2.24, 2.45) is 11.8 Å². The second-order valence-corrected chi connectivity index (χ2v) is 6.56. The maximum absolute atomic E-state index is 12.6. The number of hydrogen-bond acceptors (Lipinski definition) is 3. The summed E-state index contributed by atoms with van der Waals surface area (Å²) < 4.78 is 0. The number of amides is 2. The Labute approximate surface area is 141 Å². The van der Waals surface area contributed by atoms with Crippen molar-refractivity contribution in [1.82, 2.24) is 10.2 Å². The first-order chi connectivity index (χ1) is 11.3. The van der Waals surface area contributed by atoms with Gasteiger partial charge in [-0.2, -0.15) is 0 Å². The fourth-order valence-corrected chi connectivity index (χ4v) is 2.98. The Hall–Kier alpha value is -2.37. The third-order valence-electron chi connectivity index (χ3n) is 4.50. The van der Waals surface area contributed by atoms with Crippen LogP contribution in [0, 0.1) is 11.8 Å². The van der Waals surface area contributed by atoms with Crippen LogP contribution in [0.1, 0.15) is 38.8 Å². The van der Waals surface area contributed by atoms with Crippen LogP contribution in [0.4, 0.5) is 0 Å². The van der Waals surface area contributed by atoms with Gasteiger partial charge in [-0.25, -0.2) is 0 Å². The largest absolute Gasteiger partial charge is 0.481 e. The molecule has 0 aromatic heterocycles. The van der Waals surface area contributed by atoms with E-state index >= 15 is 0 Å². The molecule has 1 aliphatic heterocycles. The molecule has 6 nitrogen and oxygen atoms in total. The first kappa shape index (κ1) is 18.0. The van der Waals surface area contributed by atoms with Crippen LogP contribution in [0.3, 0.4) is 0 Å². The summed E-state index contributed by atoms with van der Waals surface area (Å²) in [6.07, 6.45) is 0.174. The molecule has 3 atom stereocenters. The van der Waals surface area contributed by atoms with Gasteiger partial charge in [0.1, 0.15) is 0 Å². The molecular weight excluding hydrogens is 308 g/mol. The van der Waals surface area contributed by atoms with Crippen LogP contribution in [0.5, 0.6) is 0 Å². The molecule has 1 saturated heterocycles. The molecule has 130 valence electrons. The van der Waals surface area contributed by atoms with Crippen molar-refractivity contribution in [2.45, 2.75) is 39.3 Å². The van der Waals surface area contributed by atoms with Crippen LogP contribution in [0.2, 0.25) is 0 Å². The van der Waals surface area contributed by atoms with Gasteiger partial charge in [-0.15, -0.1) is 0 Å². The molecule has 1 aliphatic rings. The van der Waals surface area contributed by atoms with E-state index in [1.165, 1.54) is 0 Å². The Morgan fingerprint density at radius 2 is 1.83 bits per heavy atom. The average molecular weight is 332 g/mol. The second-order valence-electron chi connectivity index (χ2n) is 6.56. The number of rotatable bonds is 6. The summed E-state index contributed by atoms with van der Waals surface area (Å²) in [6.45, 7) is 5.78. The first-order valence-electron chi connectivity index (χ1n) is 8.18. The van der Waals surface area contributed by atoms with Gasteiger partial charge >= 0.3 is 5.97 Å². The molecule has 2 amide bonds. The molecule has 3 unspecified atom stereocenters. The Bertz CT molecular complexity index is 615. The van der Waals surface area contributed by atoms with Crippen LogP contribution in [-0.4, -0.2) is 40.4 Å². The van der Waals surface area contributed by atoms with Crippen LogP contribution >= 0.6 is 0 Å². The van der Waals surface area contributed by atoms with Gasteiger partial charge in [0.25, 0.3) is 0 Å². The van der Waals surface area contributed by atoms with Gasteiger partial charge < -0.3 is 15.3 Å². The lowest BCUT2D eigenvalue weighted by atomic mass is 9.93. The van der Waals surface area contributed by atoms with Crippen molar-refractivity contribution in [3.8, 4) is 0 Å². The average Bonchev–Trinajstić information content (AvgIpc) is 2.94. The fourth-order valence-electron chi connectivity index (χ4n) is 2.98. The van der Waals surface area contributed by atoms with E-state index in [4.69, 9.17) is 0 Å². The Kier molecular flexibility index (Phi) is 5.59. The highest BCUT2D eigenvalue weighted by molar-refractivity contribution is 5.89. The normalized spacial score (nSPS) is 20.1. The topological polar surface area (TPSA) is 86.7 Å². The van der Waals surface area contributed by atoms with Gasteiger partial charge in [-0.05, 0) is 26.3 Å². The van der Waals surface area contributed by atoms with Crippen LogP contribution < -0.4 is 5.32 Å². The fraction of sp³-hybridized carbons (Fsp3) is 0.500. The lowest BCUT2D eigenvalue weighted by Gasteiger charge is -2.25. The number of carboxylic acid groups (broad SMARTS) is 1. The molecule has 0 bridgehead atoms. The molecule has 24 heavy (non-hydrogen) atoms. The molecule has 6 heteroatoms. The highest BCUT2D eigenvalue weighted by Gasteiger charge is 2.37. The first-order valence-corrected chi connectivity index (χ1v) is 8.18. The maximum Gasteiger partial charge on any atom is 0.308 e. The zero-order valence-corrected chi connectivity index (χ0v) is 14.2. The molecule has 0 radical (unpaired) electrons. The summed E-state index contributed by atoms with van der Waals surface area (Å²) in [5.74, 6) is -2.49.